The van der Waals surface area contributed by atoms with Crippen LogP contribution in [0.2, 0.25) is 0 Å². The largest absolute Gasteiger partial charge is 0.389 e. The van der Waals surface area contributed by atoms with Gasteiger partial charge in [-0.15, -0.1) is 0 Å². The van der Waals surface area contributed by atoms with Crippen LogP contribution in [0.15, 0.2) is 18.2 Å². The van der Waals surface area contributed by atoms with E-state index in [0.717, 1.165) is 19.4 Å². The summed E-state index contributed by atoms with van der Waals surface area (Å²) in [4.78, 5) is 13.9. The van der Waals surface area contributed by atoms with E-state index in [1.54, 1.807) is 13.0 Å². The highest BCUT2D eigenvalue weighted by Gasteiger charge is 2.41. The molecule has 1 aromatic carbocycles. The zero-order valence-corrected chi connectivity index (χ0v) is 11.5. The van der Waals surface area contributed by atoms with Crippen LogP contribution >= 0.6 is 0 Å². The monoisotopic (exact) mass is 278 g/mol. The molecule has 4 nitrogen and oxygen atoms in total. The van der Waals surface area contributed by atoms with Crippen LogP contribution in [0.25, 0.3) is 0 Å². The van der Waals surface area contributed by atoms with Gasteiger partial charge in [-0.05, 0) is 31.9 Å². The number of piperidine rings is 1. The van der Waals surface area contributed by atoms with Gasteiger partial charge in [-0.3, -0.25) is 4.79 Å². The van der Waals surface area contributed by atoms with E-state index in [4.69, 9.17) is 0 Å². The lowest BCUT2D eigenvalue weighted by atomic mass is 9.90. The average Bonchev–Trinajstić information content (AvgIpc) is 2.80. The Hall–Kier alpha value is -1.62. The molecule has 2 N–H and O–H groups in total. The molecule has 0 saturated carbocycles. The summed E-state index contributed by atoms with van der Waals surface area (Å²) in [5, 5.41) is 12.7. The number of anilines is 1. The number of rotatable bonds is 2. The van der Waals surface area contributed by atoms with Crippen molar-refractivity contribution in [3.05, 3.63) is 29.6 Å². The molecule has 0 aromatic heterocycles. The third-order valence-electron chi connectivity index (χ3n) is 4.36. The first kappa shape index (κ1) is 13.4. The molecule has 2 unspecified atom stereocenters. The molecular weight excluding hydrogens is 259 g/mol. The fourth-order valence-corrected chi connectivity index (χ4v) is 3.44. The lowest BCUT2D eigenvalue weighted by Crippen LogP contribution is -2.46. The van der Waals surface area contributed by atoms with Crippen LogP contribution in [0.1, 0.15) is 31.4 Å². The van der Waals surface area contributed by atoms with Crippen molar-refractivity contribution in [1.82, 2.24) is 5.32 Å². The van der Waals surface area contributed by atoms with E-state index in [1.807, 2.05) is 6.07 Å². The summed E-state index contributed by atoms with van der Waals surface area (Å²) in [7, 11) is 0. The van der Waals surface area contributed by atoms with Crippen molar-refractivity contribution < 1.29 is 14.3 Å². The highest BCUT2D eigenvalue weighted by atomic mass is 19.1. The van der Waals surface area contributed by atoms with Gasteiger partial charge in [-0.25, -0.2) is 4.39 Å². The van der Waals surface area contributed by atoms with Gasteiger partial charge in [0, 0.05) is 24.3 Å². The highest BCUT2D eigenvalue weighted by Crippen LogP contribution is 2.36. The first-order valence-electron chi connectivity index (χ1n) is 7.10. The van der Waals surface area contributed by atoms with E-state index < -0.39 is 11.9 Å². The smallest absolute Gasteiger partial charge is 0.225 e. The Kier molecular flexibility index (Phi) is 3.38. The first-order chi connectivity index (χ1) is 9.59. The summed E-state index contributed by atoms with van der Waals surface area (Å²) in [6.07, 6.45) is 0.924. The van der Waals surface area contributed by atoms with Crippen LogP contribution in [-0.2, 0) is 4.79 Å². The maximum absolute atomic E-state index is 14.0. The quantitative estimate of drug-likeness (QED) is 0.864. The van der Waals surface area contributed by atoms with Gasteiger partial charge >= 0.3 is 0 Å². The number of hydrogen-bond acceptors (Lipinski definition) is 3. The molecule has 2 heterocycles. The molecule has 108 valence electrons. The Morgan fingerprint density at radius 2 is 2.30 bits per heavy atom. The molecule has 2 aliphatic rings. The predicted molar refractivity (Wildman–Crippen MR) is 73.9 cm³/mol. The molecule has 0 bridgehead atoms. The Bertz CT molecular complexity index is 533. The van der Waals surface area contributed by atoms with E-state index in [-0.39, 0.29) is 17.9 Å². The maximum Gasteiger partial charge on any atom is 0.225 e. The lowest BCUT2D eigenvalue weighted by molar-refractivity contribution is -0.122. The molecule has 2 fully saturated rings. The van der Waals surface area contributed by atoms with Crippen molar-refractivity contribution in [2.24, 2.45) is 5.92 Å². The van der Waals surface area contributed by atoms with Crippen LogP contribution < -0.4 is 10.2 Å². The number of carbonyl (C=O) groups excluding carboxylic acids is 1. The van der Waals surface area contributed by atoms with Crippen molar-refractivity contribution in [3.63, 3.8) is 0 Å². The van der Waals surface area contributed by atoms with Crippen LogP contribution in [0.4, 0.5) is 10.1 Å². The van der Waals surface area contributed by atoms with E-state index >= 15 is 0 Å². The Morgan fingerprint density at radius 1 is 1.50 bits per heavy atom. The molecule has 3 atom stereocenters. The van der Waals surface area contributed by atoms with Gasteiger partial charge in [-0.1, -0.05) is 6.07 Å². The molecule has 2 saturated heterocycles. The van der Waals surface area contributed by atoms with Crippen molar-refractivity contribution in [3.8, 4) is 0 Å². The molecule has 0 aliphatic carbocycles. The molecule has 2 aliphatic heterocycles. The summed E-state index contributed by atoms with van der Waals surface area (Å²) in [5.74, 6) is -0.319. The third kappa shape index (κ3) is 2.06. The second-order valence-electron chi connectivity index (χ2n) is 5.60. The Balaban J connectivity index is 2.00. The molecule has 5 heteroatoms. The van der Waals surface area contributed by atoms with Crippen LogP contribution in [0.3, 0.4) is 0 Å². The molecule has 0 radical (unpaired) electrons. The number of nitrogens with one attached hydrogen (secondary N) is 1. The molecule has 1 aromatic rings. The van der Waals surface area contributed by atoms with E-state index in [1.165, 1.54) is 6.07 Å². The minimum Gasteiger partial charge on any atom is -0.389 e. The standard InChI is InChI=1S/C15H19FN2O2/c1-9(19)14-11(16)5-2-6-12(14)18-7-3-4-10-13(18)8-17-15(10)20/h2,5-6,9-10,13,19H,3-4,7-8H2,1H3,(H,17,20)/t9-,10?,13?/m1/s1. The zero-order chi connectivity index (χ0) is 14.3. The number of aliphatic hydroxyl groups excluding tert-OH is 1. The number of amides is 1. The normalized spacial score (nSPS) is 27.1. The van der Waals surface area contributed by atoms with Gasteiger partial charge in [0.25, 0.3) is 0 Å². The number of benzene rings is 1. The maximum atomic E-state index is 14.0. The minimum atomic E-state index is -0.864. The van der Waals surface area contributed by atoms with Crippen molar-refractivity contribution in [2.75, 3.05) is 18.0 Å². The average molecular weight is 278 g/mol. The van der Waals surface area contributed by atoms with Crippen molar-refractivity contribution in [2.45, 2.75) is 31.9 Å². The van der Waals surface area contributed by atoms with Crippen LogP contribution in [-0.4, -0.2) is 30.1 Å². The number of carbonyl (C=O) groups is 1. The highest BCUT2D eigenvalue weighted by molar-refractivity contribution is 5.83. The van der Waals surface area contributed by atoms with Gasteiger partial charge < -0.3 is 15.3 Å². The number of nitrogens with zero attached hydrogens (tertiary/aromatic N) is 1. The molecule has 3 rings (SSSR count). The molecule has 1 amide bonds. The summed E-state index contributed by atoms with van der Waals surface area (Å²) in [6.45, 7) is 2.96. The van der Waals surface area contributed by atoms with Gasteiger partial charge in [-0.2, -0.15) is 0 Å². The van der Waals surface area contributed by atoms with Crippen molar-refractivity contribution in [1.29, 1.82) is 0 Å². The van der Waals surface area contributed by atoms with E-state index in [0.29, 0.717) is 17.8 Å². The van der Waals surface area contributed by atoms with Gasteiger partial charge in [0.05, 0.1) is 18.1 Å². The zero-order valence-electron chi connectivity index (χ0n) is 11.5. The number of fused-ring (bicyclic) bond motifs is 1. The summed E-state index contributed by atoms with van der Waals surface area (Å²) in [6, 6.07) is 4.92. The number of hydrogen-bond donors (Lipinski definition) is 2. The molecular formula is C15H19FN2O2. The Labute approximate surface area is 117 Å². The summed E-state index contributed by atoms with van der Waals surface area (Å²) < 4.78 is 14.0. The number of aliphatic hydroxyl groups is 1. The van der Waals surface area contributed by atoms with E-state index in [9.17, 15) is 14.3 Å². The van der Waals surface area contributed by atoms with Gasteiger partial charge in [0.1, 0.15) is 5.82 Å². The third-order valence-corrected chi connectivity index (χ3v) is 4.36. The first-order valence-corrected chi connectivity index (χ1v) is 7.10. The van der Waals surface area contributed by atoms with Crippen LogP contribution in [0, 0.1) is 11.7 Å². The second-order valence-corrected chi connectivity index (χ2v) is 5.60. The van der Waals surface area contributed by atoms with Crippen molar-refractivity contribution >= 4 is 11.6 Å². The fraction of sp³-hybridized carbons (Fsp3) is 0.533. The predicted octanol–water partition coefficient (Wildman–Crippen LogP) is 1.59. The lowest BCUT2D eigenvalue weighted by Gasteiger charge is -2.39. The summed E-state index contributed by atoms with van der Waals surface area (Å²) in [5.41, 5.74) is 1.04. The Morgan fingerprint density at radius 3 is 3.05 bits per heavy atom. The minimum absolute atomic E-state index is 0.0196. The SMILES string of the molecule is C[C@@H](O)c1c(F)cccc1N1CCCC2C(=O)NCC21. The van der Waals surface area contributed by atoms with E-state index in [2.05, 4.69) is 10.2 Å². The van der Waals surface area contributed by atoms with Crippen LogP contribution in [0.5, 0.6) is 0 Å². The summed E-state index contributed by atoms with van der Waals surface area (Å²) >= 11 is 0. The van der Waals surface area contributed by atoms with Gasteiger partial charge in [0.2, 0.25) is 5.91 Å². The fourth-order valence-electron chi connectivity index (χ4n) is 3.44. The topological polar surface area (TPSA) is 52.6 Å². The molecule has 20 heavy (non-hydrogen) atoms. The second kappa shape index (κ2) is 5.05. The van der Waals surface area contributed by atoms with Gasteiger partial charge in [0.15, 0.2) is 0 Å². The number of halogens is 1. The molecule has 0 spiro atoms.